The average molecular weight is 470 g/mol. The molecule has 2 aliphatic rings. The molecule has 0 unspecified atom stereocenters. The summed E-state index contributed by atoms with van der Waals surface area (Å²) in [5, 5.41) is 5.12. The minimum absolute atomic E-state index is 0.125. The molecule has 1 aromatic carbocycles. The maximum atomic E-state index is 13.5. The summed E-state index contributed by atoms with van der Waals surface area (Å²) in [6.45, 7) is 6.16. The number of aryl methyl sites for hydroxylation is 3. The van der Waals surface area contributed by atoms with Gasteiger partial charge in [0.15, 0.2) is 12.2 Å². The minimum atomic E-state index is -0.159. The van der Waals surface area contributed by atoms with Crippen molar-refractivity contribution in [1.82, 2.24) is 19.9 Å². The Morgan fingerprint density at radius 3 is 2.66 bits per heavy atom. The van der Waals surface area contributed by atoms with E-state index in [0.29, 0.717) is 17.2 Å². The Bertz CT molecular complexity index is 1460. The average Bonchev–Trinajstić information content (AvgIpc) is 3.34. The molecule has 1 saturated carbocycles. The Balaban J connectivity index is 1.51. The quantitative estimate of drug-likeness (QED) is 0.522. The summed E-state index contributed by atoms with van der Waals surface area (Å²) in [7, 11) is 0. The van der Waals surface area contributed by atoms with Gasteiger partial charge in [0.25, 0.3) is 11.5 Å². The summed E-state index contributed by atoms with van der Waals surface area (Å²) < 4.78 is 2.34. The third-order valence-corrected chi connectivity index (χ3v) is 7.22. The van der Waals surface area contributed by atoms with Gasteiger partial charge in [-0.1, -0.05) is 19.4 Å². The predicted octanol–water partition coefficient (Wildman–Crippen LogP) is 3.12. The van der Waals surface area contributed by atoms with Crippen LogP contribution in [-0.2, 0) is 13.0 Å². The highest BCUT2D eigenvalue weighted by Crippen LogP contribution is 2.22. The summed E-state index contributed by atoms with van der Waals surface area (Å²) in [6.07, 6.45) is 10.6. The molecule has 1 amide bonds. The third kappa shape index (κ3) is 4.57. The maximum absolute atomic E-state index is 13.5. The standard InChI is InChI=1S/C29H32N4O2/c1-4-7-20-12-19(3)32-29(35)25(20)16-31-28(34)24-13-22(21-11-10-18(2)30-15-21)14-27-26(24)17-33(27)23-8-5-6-9-23/h10-15,17,23H,4-9,16H2,1-3H3,(H-,31,32,34,35)/p+1. The first kappa shape index (κ1) is 23.2. The van der Waals surface area contributed by atoms with Crippen molar-refractivity contribution in [2.24, 2.45) is 0 Å². The van der Waals surface area contributed by atoms with Crippen LogP contribution in [0.3, 0.4) is 0 Å². The number of hydrogen-bond acceptors (Lipinski definition) is 3. The number of aromatic nitrogens is 2. The van der Waals surface area contributed by atoms with Crippen LogP contribution in [0.4, 0.5) is 0 Å². The molecule has 0 radical (unpaired) electrons. The van der Waals surface area contributed by atoms with Gasteiger partial charge in [-0.25, -0.2) is 0 Å². The molecule has 1 aliphatic heterocycles. The molecule has 180 valence electrons. The topological polar surface area (TPSA) is 77.9 Å². The van der Waals surface area contributed by atoms with Gasteiger partial charge in [-0.15, -0.1) is 0 Å². The lowest BCUT2D eigenvalue weighted by Gasteiger charge is -2.16. The number of nitrogens with one attached hydrogen (secondary N) is 2. The van der Waals surface area contributed by atoms with Crippen molar-refractivity contribution in [3.63, 3.8) is 0 Å². The van der Waals surface area contributed by atoms with Gasteiger partial charge in [-0.2, -0.15) is 4.58 Å². The summed E-state index contributed by atoms with van der Waals surface area (Å²) in [6, 6.07) is 10.7. The van der Waals surface area contributed by atoms with Crippen LogP contribution in [0.1, 0.15) is 71.9 Å². The van der Waals surface area contributed by atoms with Crippen LogP contribution in [0.5, 0.6) is 0 Å². The van der Waals surface area contributed by atoms with Crippen LogP contribution < -0.4 is 26.0 Å². The van der Waals surface area contributed by atoms with E-state index < -0.39 is 0 Å². The number of rotatable bonds is 7. The van der Waals surface area contributed by atoms with Crippen LogP contribution in [0.2, 0.25) is 0 Å². The molecular formula is C29H33N4O2+. The summed E-state index contributed by atoms with van der Waals surface area (Å²) in [4.78, 5) is 33.4. The van der Waals surface area contributed by atoms with E-state index in [1.54, 1.807) is 0 Å². The molecule has 0 saturated heterocycles. The first-order chi connectivity index (χ1) is 16.9. The largest absolute Gasteiger partial charge is 0.348 e. The maximum Gasteiger partial charge on any atom is 0.253 e. The Morgan fingerprint density at radius 2 is 1.94 bits per heavy atom. The molecule has 0 spiro atoms. The summed E-state index contributed by atoms with van der Waals surface area (Å²) in [5.74, 6) is -0.159. The van der Waals surface area contributed by atoms with Crippen LogP contribution >= 0.6 is 0 Å². The predicted molar refractivity (Wildman–Crippen MR) is 139 cm³/mol. The number of nitrogens with zero attached hydrogens (tertiary/aromatic N) is 2. The lowest BCUT2D eigenvalue weighted by atomic mass is 9.98. The van der Waals surface area contributed by atoms with Crippen molar-refractivity contribution < 1.29 is 4.79 Å². The van der Waals surface area contributed by atoms with Gasteiger partial charge >= 0.3 is 0 Å². The smallest absolute Gasteiger partial charge is 0.253 e. The zero-order valence-electron chi connectivity index (χ0n) is 20.8. The third-order valence-electron chi connectivity index (χ3n) is 7.22. The van der Waals surface area contributed by atoms with Gasteiger partial charge in [0.1, 0.15) is 5.22 Å². The molecule has 6 heteroatoms. The number of hydrogen-bond donors (Lipinski definition) is 2. The molecular weight excluding hydrogens is 436 g/mol. The molecule has 2 N–H and O–H groups in total. The molecule has 2 aromatic heterocycles. The molecule has 6 nitrogen and oxygen atoms in total. The van der Waals surface area contributed by atoms with E-state index in [0.717, 1.165) is 51.5 Å². The fourth-order valence-corrected chi connectivity index (χ4v) is 5.34. The highest BCUT2D eigenvalue weighted by Gasteiger charge is 2.31. The van der Waals surface area contributed by atoms with E-state index in [9.17, 15) is 9.59 Å². The van der Waals surface area contributed by atoms with Crippen molar-refractivity contribution in [2.45, 2.75) is 71.9 Å². The fraction of sp³-hybridized carbons (Fsp3) is 0.379. The molecule has 3 aromatic rings. The Hall–Kier alpha value is -3.54. The number of pyridine rings is 2. The molecule has 5 rings (SSSR count). The van der Waals surface area contributed by atoms with Crippen LogP contribution in [0, 0.1) is 13.8 Å². The normalized spacial score (nSPS) is 14.9. The number of fused-ring (bicyclic) bond motifs is 1. The van der Waals surface area contributed by atoms with Gasteiger partial charge in [0.2, 0.25) is 5.36 Å². The lowest BCUT2D eigenvalue weighted by molar-refractivity contribution is 0.0949. The van der Waals surface area contributed by atoms with Gasteiger partial charge in [-0.05, 0) is 62.4 Å². The van der Waals surface area contributed by atoms with E-state index in [1.807, 2.05) is 38.2 Å². The minimum Gasteiger partial charge on any atom is -0.348 e. The zero-order valence-corrected chi connectivity index (χ0v) is 20.8. The Morgan fingerprint density at radius 1 is 1.14 bits per heavy atom. The van der Waals surface area contributed by atoms with Crippen LogP contribution in [0.25, 0.3) is 17.3 Å². The SMILES string of the molecule is CCCc1cc(C)[nH]c(=O)c1CNC(=O)c1cc(-c2ccc(C)nc2)cc2c1=C[N+]=2C1CCCC1. The molecule has 1 fully saturated rings. The highest BCUT2D eigenvalue weighted by molar-refractivity contribution is 5.96. The molecule has 35 heavy (non-hydrogen) atoms. The number of carbonyl (C=O) groups excluding carboxylic acids is 1. The number of aromatic amines is 1. The number of benzene rings is 1. The number of H-pyrrole nitrogens is 1. The second kappa shape index (κ2) is 9.61. The number of carbonyl (C=O) groups is 1. The summed E-state index contributed by atoms with van der Waals surface area (Å²) in [5.41, 5.74) is 5.94. The first-order valence-corrected chi connectivity index (χ1v) is 12.7. The lowest BCUT2D eigenvalue weighted by Crippen LogP contribution is -2.53. The fourth-order valence-electron chi connectivity index (χ4n) is 5.34. The Kier molecular flexibility index (Phi) is 6.37. The second-order valence-electron chi connectivity index (χ2n) is 9.84. The second-order valence-corrected chi connectivity index (χ2v) is 9.84. The van der Waals surface area contributed by atoms with E-state index in [-0.39, 0.29) is 18.0 Å². The van der Waals surface area contributed by atoms with Crippen molar-refractivity contribution in [2.75, 3.05) is 0 Å². The van der Waals surface area contributed by atoms with E-state index in [4.69, 9.17) is 0 Å². The van der Waals surface area contributed by atoms with Crippen molar-refractivity contribution in [1.29, 1.82) is 0 Å². The molecule has 3 heterocycles. The van der Waals surface area contributed by atoms with E-state index in [1.165, 1.54) is 25.7 Å². The Labute approximate surface area is 205 Å². The van der Waals surface area contributed by atoms with E-state index >= 15 is 0 Å². The molecule has 0 atom stereocenters. The van der Waals surface area contributed by atoms with Crippen molar-refractivity contribution in [3.8, 4) is 11.1 Å². The number of amides is 1. The van der Waals surface area contributed by atoms with Gasteiger partial charge in [0, 0.05) is 54.2 Å². The van der Waals surface area contributed by atoms with E-state index in [2.05, 4.69) is 45.1 Å². The van der Waals surface area contributed by atoms with Gasteiger partial charge < -0.3 is 10.3 Å². The van der Waals surface area contributed by atoms with Crippen molar-refractivity contribution in [3.05, 3.63) is 85.5 Å². The van der Waals surface area contributed by atoms with Crippen molar-refractivity contribution >= 4 is 12.1 Å². The van der Waals surface area contributed by atoms with Crippen LogP contribution in [0.15, 0.2) is 41.3 Å². The first-order valence-electron chi connectivity index (χ1n) is 12.7. The monoisotopic (exact) mass is 469 g/mol. The summed E-state index contributed by atoms with van der Waals surface area (Å²) >= 11 is 0. The zero-order chi connectivity index (χ0) is 24.5. The van der Waals surface area contributed by atoms with Crippen LogP contribution in [-0.4, -0.2) is 21.9 Å². The molecule has 1 aliphatic carbocycles. The van der Waals surface area contributed by atoms with Gasteiger partial charge in [-0.3, -0.25) is 14.6 Å². The van der Waals surface area contributed by atoms with Gasteiger partial charge in [0.05, 0.1) is 5.56 Å². The molecule has 0 bridgehead atoms. The highest BCUT2D eigenvalue weighted by atomic mass is 16.1.